The van der Waals surface area contributed by atoms with Crippen molar-refractivity contribution in [2.45, 2.75) is 19.9 Å². The molecule has 0 saturated carbocycles. The van der Waals surface area contributed by atoms with Gasteiger partial charge in [-0.05, 0) is 40.2 Å². The zero-order valence-electron chi connectivity index (χ0n) is 11.9. The zero-order chi connectivity index (χ0) is 14.4. The van der Waals surface area contributed by atoms with Crippen molar-refractivity contribution in [2.75, 3.05) is 13.2 Å². The molecule has 2 rings (SSSR count). The van der Waals surface area contributed by atoms with E-state index in [1.807, 2.05) is 23.9 Å². The number of imidazole rings is 1. The van der Waals surface area contributed by atoms with Gasteiger partial charge in [0, 0.05) is 32.4 Å². The van der Waals surface area contributed by atoms with Gasteiger partial charge in [0.1, 0.15) is 11.6 Å². The van der Waals surface area contributed by atoms with Crippen LogP contribution in [-0.4, -0.2) is 22.7 Å². The highest BCUT2D eigenvalue weighted by Gasteiger charge is 2.04. The number of nitrogens with one attached hydrogen (secondary N) is 1. The number of aromatic nitrogens is 2. The first kappa shape index (κ1) is 15.1. The highest BCUT2D eigenvalue weighted by molar-refractivity contribution is 9.10. The van der Waals surface area contributed by atoms with E-state index in [9.17, 15) is 0 Å². The van der Waals surface area contributed by atoms with Crippen LogP contribution in [0.1, 0.15) is 18.3 Å². The number of hydrogen-bond donors (Lipinski definition) is 1. The quantitative estimate of drug-likeness (QED) is 0.844. The number of benzene rings is 1. The molecule has 2 aromatic rings. The molecular formula is C15H20BrN3O. The average molecular weight is 338 g/mol. The van der Waals surface area contributed by atoms with Crippen molar-refractivity contribution < 1.29 is 4.74 Å². The summed E-state index contributed by atoms with van der Waals surface area (Å²) in [6, 6.07) is 6.19. The summed E-state index contributed by atoms with van der Waals surface area (Å²) in [7, 11) is 1.99. The SMILES string of the molecule is CCNCc1ccc(OCCc2nccn2C)c(Br)c1. The predicted molar refractivity (Wildman–Crippen MR) is 83.9 cm³/mol. The van der Waals surface area contributed by atoms with Crippen molar-refractivity contribution in [3.63, 3.8) is 0 Å². The van der Waals surface area contributed by atoms with E-state index >= 15 is 0 Å². The highest BCUT2D eigenvalue weighted by atomic mass is 79.9. The van der Waals surface area contributed by atoms with Gasteiger partial charge in [0.15, 0.2) is 0 Å². The third kappa shape index (κ3) is 4.08. The molecule has 1 aromatic heterocycles. The molecule has 0 atom stereocenters. The minimum atomic E-state index is 0.621. The Morgan fingerprint density at radius 2 is 2.25 bits per heavy atom. The Morgan fingerprint density at radius 3 is 2.90 bits per heavy atom. The molecule has 0 aliphatic heterocycles. The van der Waals surface area contributed by atoms with E-state index in [2.05, 4.69) is 45.3 Å². The van der Waals surface area contributed by atoms with Crippen molar-refractivity contribution in [3.8, 4) is 5.75 Å². The van der Waals surface area contributed by atoms with Crippen molar-refractivity contribution in [3.05, 3.63) is 46.5 Å². The first-order chi connectivity index (χ1) is 9.70. The Labute approximate surface area is 128 Å². The molecule has 0 saturated heterocycles. The van der Waals surface area contributed by atoms with E-state index < -0.39 is 0 Å². The molecule has 4 nitrogen and oxygen atoms in total. The monoisotopic (exact) mass is 337 g/mol. The molecule has 0 radical (unpaired) electrons. The fourth-order valence-corrected chi connectivity index (χ4v) is 2.47. The lowest BCUT2D eigenvalue weighted by Crippen LogP contribution is -2.11. The van der Waals surface area contributed by atoms with Gasteiger partial charge in [0.05, 0.1) is 11.1 Å². The van der Waals surface area contributed by atoms with Crippen molar-refractivity contribution in [1.29, 1.82) is 0 Å². The smallest absolute Gasteiger partial charge is 0.133 e. The summed E-state index contributed by atoms with van der Waals surface area (Å²) in [5.41, 5.74) is 1.25. The van der Waals surface area contributed by atoms with E-state index in [0.717, 1.165) is 35.6 Å². The second-order valence-electron chi connectivity index (χ2n) is 4.60. The summed E-state index contributed by atoms with van der Waals surface area (Å²) in [5, 5.41) is 3.31. The molecule has 1 N–H and O–H groups in total. The lowest BCUT2D eigenvalue weighted by atomic mass is 10.2. The van der Waals surface area contributed by atoms with Crippen LogP contribution in [0.3, 0.4) is 0 Å². The average Bonchev–Trinajstić information content (AvgIpc) is 2.84. The molecule has 1 aromatic carbocycles. The molecule has 1 heterocycles. The molecule has 0 fully saturated rings. The normalized spacial score (nSPS) is 10.8. The Morgan fingerprint density at radius 1 is 1.40 bits per heavy atom. The number of halogens is 1. The lowest BCUT2D eigenvalue weighted by molar-refractivity contribution is 0.315. The molecular weight excluding hydrogens is 318 g/mol. The standard InChI is InChI=1S/C15H20BrN3O/c1-3-17-11-12-4-5-14(13(16)10-12)20-9-6-15-18-7-8-19(15)2/h4-5,7-8,10,17H,3,6,9,11H2,1-2H3. The molecule has 0 aliphatic rings. The highest BCUT2D eigenvalue weighted by Crippen LogP contribution is 2.26. The van der Waals surface area contributed by atoms with Gasteiger partial charge in [-0.25, -0.2) is 4.98 Å². The minimum Gasteiger partial charge on any atom is -0.492 e. The Balaban J connectivity index is 1.88. The van der Waals surface area contributed by atoms with Gasteiger partial charge in [-0.1, -0.05) is 13.0 Å². The Kier molecular flexibility index (Phi) is 5.61. The fourth-order valence-electron chi connectivity index (χ4n) is 1.93. The summed E-state index contributed by atoms with van der Waals surface area (Å²) < 4.78 is 8.81. The van der Waals surface area contributed by atoms with Crippen molar-refractivity contribution >= 4 is 15.9 Å². The van der Waals surface area contributed by atoms with Gasteiger partial charge in [0.25, 0.3) is 0 Å². The van der Waals surface area contributed by atoms with Crippen LogP contribution >= 0.6 is 15.9 Å². The van der Waals surface area contributed by atoms with Crippen molar-refractivity contribution in [2.24, 2.45) is 7.05 Å². The lowest BCUT2D eigenvalue weighted by Gasteiger charge is -2.10. The van der Waals surface area contributed by atoms with Gasteiger partial charge >= 0.3 is 0 Å². The molecule has 0 unspecified atom stereocenters. The van der Waals surface area contributed by atoms with Crippen LogP contribution in [0.4, 0.5) is 0 Å². The molecule has 0 spiro atoms. The predicted octanol–water partition coefficient (Wildman–Crippen LogP) is 2.91. The molecule has 20 heavy (non-hydrogen) atoms. The molecule has 108 valence electrons. The maximum atomic E-state index is 5.80. The summed E-state index contributed by atoms with van der Waals surface area (Å²) in [6.07, 6.45) is 4.55. The third-order valence-corrected chi connectivity index (χ3v) is 3.70. The van der Waals surface area contributed by atoms with Gasteiger partial charge in [-0.3, -0.25) is 0 Å². The number of aryl methyl sites for hydroxylation is 1. The first-order valence-electron chi connectivity index (χ1n) is 6.79. The number of nitrogens with zero attached hydrogens (tertiary/aromatic N) is 2. The topological polar surface area (TPSA) is 39.1 Å². The maximum absolute atomic E-state index is 5.80. The largest absolute Gasteiger partial charge is 0.492 e. The van der Waals surface area contributed by atoms with Crippen LogP contribution in [0.25, 0.3) is 0 Å². The number of ether oxygens (including phenoxy) is 1. The van der Waals surface area contributed by atoms with Crippen LogP contribution in [0, 0.1) is 0 Å². The van der Waals surface area contributed by atoms with Crippen LogP contribution in [0.2, 0.25) is 0 Å². The van der Waals surface area contributed by atoms with Gasteiger partial charge in [-0.15, -0.1) is 0 Å². The van der Waals surface area contributed by atoms with E-state index in [0.29, 0.717) is 6.61 Å². The molecule has 0 bridgehead atoms. The first-order valence-corrected chi connectivity index (χ1v) is 7.58. The fraction of sp³-hybridized carbons (Fsp3) is 0.400. The summed E-state index contributed by atoms with van der Waals surface area (Å²) in [4.78, 5) is 4.28. The molecule has 0 aliphatic carbocycles. The summed E-state index contributed by atoms with van der Waals surface area (Å²) >= 11 is 3.56. The van der Waals surface area contributed by atoms with E-state index in [4.69, 9.17) is 4.74 Å². The molecule has 5 heteroatoms. The van der Waals surface area contributed by atoms with E-state index in [-0.39, 0.29) is 0 Å². The second-order valence-corrected chi connectivity index (χ2v) is 5.45. The number of hydrogen-bond acceptors (Lipinski definition) is 3. The van der Waals surface area contributed by atoms with Crippen LogP contribution in [-0.2, 0) is 20.0 Å². The minimum absolute atomic E-state index is 0.621. The Bertz CT molecular complexity index is 554. The van der Waals surface area contributed by atoms with Crippen LogP contribution in [0.5, 0.6) is 5.75 Å². The second kappa shape index (κ2) is 7.45. The van der Waals surface area contributed by atoms with Gasteiger partial charge < -0.3 is 14.6 Å². The summed E-state index contributed by atoms with van der Waals surface area (Å²) in [6.45, 7) is 4.57. The third-order valence-electron chi connectivity index (χ3n) is 3.08. The van der Waals surface area contributed by atoms with Gasteiger partial charge in [0.2, 0.25) is 0 Å². The zero-order valence-corrected chi connectivity index (χ0v) is 13.5. The number of rotatable bonds is 7. The Hall–Kier alpha value is -1.33. The summed E-state index contributed by atoms with van der Waals surface area (Å²) in [5.74, 6) is 1.91. The van der Waals surface area contributed by atoms with E-state index in [1.54, 1.807) is 6.20 Å². The van der Waals surface area contributed by atoms with Gasteiger partial charge in [-0.2, -0.15) is 0 Å². The maximum Gasteiger partial charge on any atom is 0.133 e. The van der Waals surface area contributed by atoms with Crippen LogP contribution < -0.4 is 10.1 Å². The van der Waals surface area contributed by atoms with E-state index in [1.165, 1.54) is 5.56 Å². The van der Waals surface area contributed by atoms with Crippen LogP contribution in [0.15, 0.2) is 35.1 Å². The van der Waals surface area contributed by atoms with Crippen molar-refractivity contribution in [1.82, 2.24) is 14.9 Å². The molecule has 0 amide bonds.